The second-order valence-corrected chi connectivity index (χ2v) is 3.51. The minimum absolute atomic E-state index is 0.391. The van der Waals surface area contributed by atoms with Crippen LogP contribution in [0.3, 0.4) is 0 Å². The average molecular weight is 208 g/mol. The highest BCUT2D eigenvalue weighted by Crippen LogP contribution is 2.16. The van der Waals surface area contributed by atoms with E-state index in [2.05, 4.69) is 4.74 Å². The van der Waals surface area contributed by atoms with Gasteiger partial charge in [-0.2, -0.15) is 8.42 Å². The predicted octanol–water partition coefficient (Wildman–Crippen LogP) is 0.801. The first-order valence-electron chi connectivity index (χ1n) is 2.86. The molecule has 0 aliphatic carbocycles. The van der Waals surface area contributed by atoms with Gasteiger partial charge in [0.25, 0.3) is 10.1 Å². The Morgan fingerprint density at radius 2 is 1.83 bits per heavy atom. The minimum atomic E-state index is -4.75. The van der Waals surface area contributed by atoms with E-state index < -0.39 is 35.3 Å². The summed E-state index contributed by atoms with van der Waals surface area (Å²) in [5.74, 6) is -0.733. The van der Waals surface area contributed by atoms with Gasteiger partial charge in [-0.25, -0.2) is 0 Å². The Balaban J connectivity index is 3.48. The quantitative estimate of drug-likeness (QED) is 0.548. The smallest absolute Gasteiger partial charge is 0.292 e. The molecule has 0 heterocycles. The fourth-order valence-electron chi connectivity index (χ4n) is 0.429. The summed E-state index contributed by atoms with van der Waals surface area (Å²) < 4.78 is 65.0. The fourth-order valence-corrected chi connectivity index (χ4v) is 0.912. The Kier molecular flexibility index (Phi) is 3.94. The van der Waals surface area contributed by atoms with E-state index in [4.69, 9.17) is 4.55 Å². The lowest BCUT2D eigenvalue weighted by Gasteiger charge is -2.05. The van der Waals surface area contributed by atoms with Gasteiger partial charge in [0.1, 0.15) is 0 Å². The topological polar surface area (TPSA) is 63.6 Å². The maximum absolute atomic E-state index is 11.2. The molecule has 0 radical (unpaired) electrons. The van der Waals surface area contributed by atoms with E-state index in [0.29, 0.717) is 0 Å². The first-order chi connectivity index (χ1) is 5.21. The Labute approximate surface area is 67.1 Å². The molecule has 74 valence electrons. The third-order valence-corrected chi connectivity index (χ3v) is 1.62. The normalized spacial score (nSPS) is 13.3. The molecular formula is C4H7F3O4S. The van der Waals surface area contributed by atoms with Crippen molar-refractivity contribution in [2.45, 2.75) is 12.8 Å². The molecule has 0 spiro atoms. The van der Waals surface area contributed by atoms with Gasteiger partial charge in [0.05, 0.1) is 12.4 Å². The Bertz CT molecular complexity index is 219. The third kappa shape index (κ3) is 9.66. The largest absolute Gasteiger partial charge is 0.522 e. The zero-order chi connectivity index (χ0) is 9.83. The molecule has 4 nitrogen and oxygen atoms in total. The Morgan fingerprint density at radius 1 is 1.33 bits per heavy atom. The van der Waals surface area contributed by atoms with Crippen LogP contribution in [0.1, 0.15) is 6.42 Å². The molecule has 0 atom stereocenters. The molecule has 0 aliphatic rings. The summed E-state index contributed by atoms with van der Waals surface area (Å²) >= 11 is 0. The van der Waals surface area contributed by atoms with Crippen molar-refractivity contribution >= 4 is 10.1 Å². The molecule has 0 fully saturated rings. The number of rotatable bonds is 4. The highest BCUT2D eigenvalue weighted by Gasteiger charge is 2.28. The third-order valence-electron chi connectivity index (χ3n) is 0.812. The first-order valence-corrected chi connectivity index (χ1v) is 4.47. The lowest BCUT2D eigenvalue weighted by atomic mass is 10.5. The van der Waals surface area contributed by atoms with Crippen LogP contribution in [0.25, 0.3) is 0 Å². The summed E-state index contributed by atoms with van der Waals surface area (Å²) in [7, 11) is -4.19. The minimum Gasteiger partial charge on any atom is -0.292 e. The summed E-state index contributed by atoms with van der Waals surface area (Å²) in [5.41, 5.74) is 0. The van der Waals surface area contributed by atoms with Crippen LogP contribution in [0.5, 0.6) is 0 Å². The summed E-state index contributed by atoms with van der Waals surface area (Å²) in [6.45, 7) is -0.775. The van der Waals surface area contributed by atoms with E-state index in [-0.39, 0.29) is 0 Å². The van der Waals surface area contributed by atoms with Crippen LogP contribution in [0, 0.1) is 0 Å². The average Bonchev–Trinajstić information content (AvgIpc) is 1.76. The van der Waals surface area contributed by atoms with Crippen LogP contribution < -0.4 is 0 Å². The number of hydrogen-bond donors (Lipinski definition) is 1. The van der Waals surface area contributed by atoms with Gasteiger partial charge in [-0.3, -0.25) is 9.29 Å². The molecule has 8 heteroatoms. The molecule has 0 aromatic carbocycles. The second-order valence-electron chi connectivity index (χ2n) is 1.93. The first kappa shape index (κ1) is 11.7. The zero-order valence-corrected chi connectivity index (χ0v) is 6.65. The van der Waals surface area contributed by atoms with Crippen LogP contribution in [0.15, 0.2) is 0 Å². The molecular weight excluding hydrogens is 201 g/mol. The van der Waals surface area contributed by atoms with E-state index in [0.717, 1.165) is 0 Å². The van der Waals surface area contributed by atoms with Gasteiger partial charge in [0.15, 0.2) is 0 Å². The van der Waals surface area contributed by atoms with Gasteiger partial charge in [0.2, 0.25) is 0 Å². The van der Waals surface area contributed by atoms with Crippen molar-refractivity contribution in [3.63, 3.8) is 0 Å². The van der Waals surface area contributed by atoms with E-state index in [1.165, 1.54) is 0 Å². The van der Waals surface area contributed by atoms with Crippen LogP contribution in [0.2, 0.25) is 0 Å². The van der Waals surface area contributed by atoms with Gasteiger partial charge in [-0.1, -0.05) is 0 Å². The van der Waals surface area contributed by atoms with E-state index >= 15 is 0 Å². The number of hydrogen-bond acceptors (Lipinski definition) is 3. The Morgan fingerprint density at radius 3 is 2.17 bits per heavy atom. The van der Waals surface area contributed by atoms with Gasteiger partial charge in [-0.15, -0.1) is 13.2 Å². The van der Waals surface area contributed by atoms with Crippen LogP contribution >= 0.6 is 0 Å². The van der Waals surface area contributed by atoms with Crippen molar-refractivity contribution < 1.29 is 30.9 Å². The summed E-state index contributed by atoms with van der Waals surface area (Å²) in [6.07, 6.45) is -5.14. The van der Waals surface area contributed by atoms with Crippen molar-refractivity contribution in [1.82, 2.24) is 0 Å². The lowest BCUT2D eigenvalue weighted by Crippen LogP contribution is -2.16. The molecule has 0 aromatic heterocycles. The Hall–Kier alpha value is -0.340. The van der Waals surface area contributed by atoms with Crippen LogP contribution in [0.4, 0.5) is 13.2 Å². The second kappa shape index (κ2) is 4.06. The van der Waals surface area contributed by atoms with Crippen molar-refractivity contribution in [1.29, 1.82) is 0 Å². The highest BCUT2D eigenvalue weighted by molar-refractivity contribution is 7.85. The number of alkyl halides is 3. The van der Waals surface area contributed by atoms with Gasteiger partial charge < -0.3 is 0 Å². The molecule has 0 aliphatic heterocycles. The maximum atomic E-state index is 11.2. The standard InChI is InChI=1S/C4H7F3O4S/c5-4(6,7)11-2-1-3-12(8,9)10/h1-3H2,(H,8,9,10). The van der Waals surface area contributed by atoms with Crippen molar-refractivity contribution in [3.05, 3.63) is 0 Å². The van der Waals surface area contributed by atoms with E-state index in [1.807, 2.05) is 0 Å². The van der Waals surface area contributed by atoms with E-state index in [1.54, 1.807) is 0 Å². The monoisotopic (exact) mass is 208 g/mol. The molecule has 0 saturated heterocycles. The maximum Gasteiger partial charge on any atom is 0.522 e. The van der Waals surface area contributed by atoms with Crippen LogP contribution in [-0.2, 0) is 14.9 Å². The summed E-state index contributed by atoms with van der Waals surface area (Å²) in [6, 6.07) is 0. The van der Waals surface area contributed by atoms with Crippen LogP contribution in [-0.4, -0.2) is 31.7 Å². The highest BCUT2D eigenvalue weighted by atomic mass is 32.2. The lowest BCUT2D eigenvalue weighted by molar-refractivity contribution is -0.324. The SMILES string of the molecule is O=S(=O)(O)CCCOC(F)(F)F. The predicted molar refractivity (Wildman–Crippen MR) is 33.0 cm³/mol. The molecule has 0 rings (SSSR count). The molecule has 0 aromatic rings. The number of ether oxygens (including phenoxy) is 1. The van der Waals surface area contributed by atoms with Crippen molar-refractivity contribution in [3.8, 4) is 0 Å². The van der Waals surface area contributed by atoms with Crippen molar-refractivity contribution in [2.75, 3.05) is 12.4 Å². The fraction of sp³-hybridized carbons (Fsp3) is 1.00. The molecule has 0 saturated carbocycles. The molecule has 1 N–H and O–H groups in total. The van der Waals surface area contributed by atoms with E-state index in [9.17, 15) is 21.6 Å². The van der Waals surface area contributed by atoms with Gasteiger partial charge in [0, 0.05) is 0 Å². The molecule has 12 heavy (non-hydrogen) atoms. The zero-order valence-electron chi connectivity index (χ0n) is 5.84. The molecule has 0 bridgehead atoms. The number of halogens is 3. The van der Waals surface area contributed by atoms with Gasteiger partial charge in [-0.05, 0) is 6.42 Å². The summed E-state index contributed by atoms with van der Waals surface area (Å²) in [5, 5.41) is 0. The van der Waals surface area contributed by atoms with Gasteiger partial charge >= 0.3 is 6.36 Å². The summed E-state index contributed by atoms with van der Waals surface area (Å²) in [4.78, 5) is 0. The molecule has 0 amide bonds. The van der Waals surface area contributed by atoms with Crippen molar-refractivity contribution in [2.24, 2.45) is 0 Å². The molecule has 0 unspecified atom stereocenters.